The van der Waals surface area contributed by atoms with Gasteiger partial charge in [-0.15, -0.1) is 0 Å². The first kappa shape index (κ1) is 20.5. The van der Waals surface area contributed by atoms with Crippen LogP contribution in [0.25, 0.3) is 0 Å². The predicted molar refractivity (Wildman–Crippen MR) is 117 cm³/mol. The van der Waals surface area contributed by atoms with Crippen LogP contribution >= 0.6 is 0 Å². The van der Waals surface area contributed by atoms with E-state index in [1.54, 1.807) is 6.92 Å². The summed E-state index contributed by atoms with van der Waals surface area (Å²) in [5.74, 6) is 1.81. The summed E-state index contributed by atoms with van der Waals surface area (Å²) in [5, 5.41) is 5.96. The van der Waals surface area contributed by atoms with E-state index in [0.717, 1.165) is 33.8 Å². The number of nitrogens with zero attached hydrogens (tertiary/aromatic N) is 1. The van der Waals surface area contributed by atoms with E-state index in [4.69, 9.17) is 0 Å². The molecule has 6 heteroatoms. The summed E-state index contributed by atoms with van der Waals surface area (Å²) in [5.41, 5.74) is 0.856. The highest BCUT2D eigenvalue weighted by Gasteiger charge is 2.54. The third-order valence-electron chi connectivity index (χ3n) is 8.59. The highest BCUT2D eigenvalue weighted by atomic mass is 16.2. The van der Waals surface area contributed by atoms with Gasteiger partial charge in [0, 0.05) is 6.04 Å². The second-order valence-electron chi connectivity index (χ2n) is 10.9. The Kier molecular flexibility index (Phi) is 4.68. The standard InChI is InChI=1S/C25H33N3O3/c1-15-4-6-20(7-5-15)24(3)22(30)28(23(31)27-24)14-21(29)26-16(2)25-11-17-8-18(12-25)10-19(9-17)13-25/h4-7,16-19H,8-14H2,1-3H3,(H,26,29)(H,27,31)/t16-,17?,18?,19?,24+,25?/m1/s1. The van der Waals surface area contributed by atoms with Gasteiger partial charge in [-0.05, 0) is 88.0 Å². The number of carbonyl (C=O) groups is 3. The van der Waals surface area contributed by atoms with Crippen LogP contribution in [-0.4, -0.2) is 35.3 Å². The lowest BCUT2D eigenvalue weighted by atomic mass is 9.48. The topological polar surface area (TPSA) is 78.5 Å². The number of rotatable bonds is 5. The largest absolute Gasteiger partial charge is 0.352 e. The summed E-state index contributed by atoms with van der Waals surface area (Å²) in [6.07, 6.45) is 7.69. The number of nitrogens with one attached hydrogen (secondary N) is 2. The Labute approximate surface area is 184 Å². The average molecular weight is 424 g/mol. The van der Waals surface area contributed by atoms with E-state index < -0.39 is 11.6 Å². The third kappa shape index (κ3) is 3.35. The molecule has 0 radical (unpaired) electrons. The molecular formula is C25H33N3O3. The van der Waals surface area contributed by atoms with Crippen LogP contribution in [0.15, 0.2) is 24.3 Å². The van der Waals surface area contributed by atoms with Crippen LogP contribution in [0.5, 0.6) is 0 Å². The molecule has 5 fully saturated rings. The van der Waals surface area contributed by atoms with Crippen molar-refractivity contribution in [2.45, 2.75) is 70.9 Å². The first-order valence-electron chi connectivity index (χ1n) is 11.7. The van der Waals surface area contributed by atoms with Gasteiger partial charge in [0.15, 0.2) is 0 Å². The van der Waals surface area contributed by atoms with Crippen molar-refractivity contribution in [2.75, 3.05) is 6.54 Å². The Bertz CT molecular complexity index is 889. The van der Waals surface area contributed by atoms with Crippen LogP contribution in [0.3, 0.4) is 0 Å². The Morgan fingerprint density at radius 1 is 1.10 bits per heavy atom. The maximum absolute atomic E-state index is 13.1. The first-order chi connectivity index (χ1) is 14.7. The third-order valence-corrected chi connectivity index (χ3v) is 8.59. The summed E-state index contributed by atoms with van der Waals surface area (Å²) < 4.78 is 0. The van der Waals surface area contributed by atoms with Crippen molar-refractivity contribution in [1.82, 2.24) is 15.5 Å². The summed E-state index contributed by atoms with van der Waals surface area (Å²) in [6.45, 7) is 5.56. The fourth-order valence-corrected chi connectivity index (χ4v) is 7.21. The van der Waals surface area contributed by atoms with Gasteiger partial charge < -0.3 is 10.6 Å². The van der Waals surface area contributed by atoms with Crippen molar-refractivity contribution in [2.24, 2.45) is 23.2 Å². The number of aryl methyl sites for hydroxylation is 1. The van der Waals surface area contributed by atoms with E-state index in [9.17, 15) is 14.4 Å². The quantitative estimate of drug-likeness (QED) is 0.712. The van der Waals surface area contributed by atoms with E-state index in [1.807, 2.05) is 31.2 Å². The first-order valence-corrected chi connectivity index (χ1v) is 11.7. The van der Waals surface area contributed by atoms with Crippen LogP contribution in [0.1, 0.15) is 63.5 Å². The second-order valence-corrected chi connectivity index (χ2v) is 10.9. The van der Waals surface area contributed by atoms with Gasteiger partial charge in [0.2, 0.25) is 5.91 Å². The van der Waals surface area contributed by atoms with Gasteiger partial charge in [-0.1, -0.05) is 29.8 Å². The lowest BCUT2D eigenvalue weighted by Crippen LogP contribution is -2.57. The van der Waals surface area contributed by atoms with Gasteiger partial charge in [0.25, 0.3) is 5.91 Å². The van der Waals surface area contributed by atoms with Gasteiger partial charge >= 0.3 is 6.03 Å². The summed E-state index contributed by atoms with van der Waals surface area (Å²) in [7, 11) is 0. The van der Waals surface area contributed by atoms with Gasteiger partial charge in [-0.2, -0.15) is 0 Å². The molecular weight excluding hydrogens is 390 g/mol. The number of benzene rings is 1. The van der Waals surface area contributed by atoms with Crippen molar-refractivity contribution in [3.8, 4) is 0 Å². The van der Waals surface area contributed by atoms with Crippen molar-refractivity contribution in [3.05, 3.63) is 35.4 Å². The minimum Gasteiger partial charge on any atom is -0.352 e. The molecule has 4 aliphatic carbocycles. The minimum absolute atomic E-state index is 0.0673. The van der Waals surface area contributed by atoms with Crippen LogP contribution in [-0.2, 0) is 15.1 Å². The zero-order valence-electron chi connectivity index (χ0n) is 18.7. The molecule has 6 rings (SSSR count). The molecule has 166 valence electrons. The highest BCUT2D eigenvalue weighted by Crippen LogP contribution is 2.61. The highest BCUT2D eigenvalue weighted by molar-refractivity contribution is 6.09. The van der Waals surface area contributed by atoms with E-state index in [0.29, 0.717) is 0 Å². The van der Waals surface area contributed by atoms with Crippen LogP contribution < -0.4 is 10.6 Å². The molecule has 2 N–H and O–H groups in total. The maximum atomic E-state index is 13.1. The zero-order chi connectivity index (χ0) is 22.0. The number of amides is 4. The van der Waals surface area contributed by atoms with Crippen molar-refractivity contribution in [1.29, 1.82) is 0 Å². The van der Waals surface area contributed by atoms with E-state index in [2.05, 4.69) is 17.6 Å². The maximum Gasteiger partial charge on any atom is 0.325 e. The number of imide groups is 1. The Morgan fingerprint density at radius 2 is 1.65 bits per heavy atom. The molecule has 4 bridgehead atoms. The monoisotopic (exact) mass is 423 g/mol. The molecule has 6 nitrogen and oxygen atoms in total. The van der Waals surface area contributed by atoms with Gasteiger partial charge in [0.05, 0.1) is 0 Å². The molecule has 4 amide bonds. The molecule has 4 saturated carbocycles. The molecule has 0 unspecified atom stereocenters. The summed E-state index contributed by atoms with van der Waals surface area (Å²) in [4.78, 5) is 39.7. The number of hydrogen-bond acceptors (Lipinski definition) is 3. The smallest absolute Gasteiger partial charge is 0.325 e. The molecule has 0 aromatic heterocycles. The van der Waals surface area contributed by atoms with Crippen molar-refractivity contribution < 1.29 is 14.4 Å². The Hall–Kier alpha value is -2.37. The predicted octanol–water partition coefficient (Wildman–Crippen LogP) is 3.48. The van der Waals surface area contributed by atoms with Gasteiger partial charge in [-0.3, -0.25) is 14.5 Å². The summed E-state index contributed by atoms with van der Waals surface area (Å²) in [6, 6.07) is 7.10. The van der Waals surface area contributed by atoms with Crippen LogP contribution in [0.4, 0.5) is 4.79 Å². The molecule has 2 atom stereocenters. The number of hydrogen-bond donors (Lipinski definition) is 2. The Morgan fingerprint density at radius 3 is 2.19 bits per heavy atom. The molecule has 5 aliphatic rings. The molecule has 1 aromatic carbocycles. The second kappa shape index (κ2) is 7.07. The molecule has 1 aromatic rings. The Balaban J connectivity index is 1.26. The molecule has 1 saturated heterocycles. The van der Waals surface area contributed by atoms with E-state index in [1.165, 1.54) is 38.5 Å². The number of urea groups is 1. The number of carbonyl (C=O) groups excluding carboxylic acids is 3. The molecule has 1 aliphatic heterocycles. The van der Waals surface area contributed by atoms with Crippen molar-refractivity contribution in [3.63, 3.8) is 0 Å². The molecule has 31 heavy (non-hydrogen) atoms. The lowest BCUT2D eigenvalue weighted by molar-refractivity contribution is -0.136. The van der Waals surface area contributed by atoms with Crippen LogP contribution in [0.2, 0.25) is 0 Å². The normalized spacial score (nSPS) is 37.1. The molecule has 1 heterocycles. The van der Waals surface area contributed by atoms with Gasteiger partial charge in [-0.25, -0.2) is 4.79 Å². The SMILES string of the molecule is Cc1ccc([C@]2(C)NC(=O)N(CC(=O)N[C@H](C)C34CC5CC(CC(C5)C3)C4)C2=O)cc1. The van der Waals surface area contributed by atoms with E-state index in [-0.39, 0.29) is 29.8 Å². The average Bonchev–Trinajstić information content (AvgIpc) is 2.91. The zero-order valence-corrected chi connectivity index (χ0v) is 18.7. The van der Waals surface area contributed by atoms with Crippen LogP contribution in [0, 0.1) is 30.1 Å². The van der Waals surface area contributed by atoms with Crippen molar-refractivity contribution >= 4 is 17.8 Å². The minimum atomic E-state index is -1.14. The lowest BCUT2D eigenvalue weighted by Gasteiger charge is -2.59. The fourth-order valence-electron chi connectivity index (χ4n) is 7.21. The van der Waals surface area contributed by atoms with Gasteiger partial charge in [0.1, 0.15) is 12.1 Å². The molecule has 0 spiro atoms. The summed E-state index contributed by atoms with van der Waals surface area (Å²) >= 11 is 0. The fraction of sp³-hybridized carbons (Fsp3) is 0.640. The van der Waals surface area contributed by atoms with E-state index >= 15 is 0 Å².